The fourth-order valence-corrected chi connectivity index (χ4v) is 3.79. The number of aromatic nitrogens is 4. The highest BCUT2D eigenvalue weighted by Crippen LogP contribution is 2.31. The Hall–Kier alpha value is -2.95. The number of piperidine rings is 1. The third-order valence-corrected chi connectivity index (χ3v) is 5.36. The van der Waals surface area contributed by atoms with Crippen molar-refractivity contribution in [2.45, 2.75) is 19.8 Å². The first-order chi connectivity index (χ1) is 12.8. The van der Waals surface area contributed by atoms with Crippen LogP contribution in [0, 0.1) is 5.92 Å². The van der Waals surface area contributed by atoms with E-state index in [2.05, 4.69) is 52.5 Å². The van der Waals surface area contributed by atoms with Crippen molar-refractivity contribution in [2.24, 2.45) is 5.92 Å². The highest BCUT2D eigenvalue weighted by molar-refractivity contribution is 5.93. The summed E-state index contributed by atoms with van der Waals surface area (Å²) in [6.45, 7) is 4.44. The molecule has 5 nitrogen and oxygen atoms in total. The highest BCUT2D eigenvalue weighted by atomic mass is 15.4. The third kappa shape index (κ3) is 2.43. The standard InChI is InChI=1S/C21H21N5/c1-15-11-13-25(14-12-15)20-17-9-5-6-10-18(17)26-21(22-20)19(23-24-26)16-7-3-2-4-8-16/h2-10,15H,11-14H2,1H3. The van der Waals surface area contributed by atoms with E-state index in [-0.39, 0.29) is 0 Å². The molecule has 0 aliphatic carbocycles. The van der Waals surface area contributed by atoms with E-state index in [1.807, 2.05) is 28.8 Å². The van der Waals surface area contributed by atoms with Crippen LogP contribution >= 0.6 is 0 Å². The van der Waals surface area contributed by atoms with E-state index in [1.54, 1.807) is 0 Å². The van der Waals surface area contributed by atoms with Crippen molar-refractivity contribution >= 4 is 22.4 Å². The monoisotopic (exact) mass is 343 g/mol. The van der Waals surface area contributed by atoms with E-state index >= 15 is 0 Å². The van der Waals surface area contributed by atoms with Crippen LogP contribution in [0.3, 0.4) is 0 Å². The molecule has 3 heterocycles. The minimum Gasteiger partial charge on any atom is -0.356 e. The number of hydrogen-bond donors (Lipinski definition) is 0. The molecule has 1 aliphatic rings. The number of para-hydroxylation sites is 1. The molecule has 1 saturated heterocycles. The Bertz CT molecular complexity index is 1060. The van der Waals surface area contributed by atoms with Crippen molar-refractivity contribution in [1.29, 1.82) is 0 Å². The van der Waals surface area contributed by atoms with Crippen LogP contribution in [0.15, 0.2) is 54.6 Å². The molecule has 1 fully saturated rings. The lowest BCUT2D eigenvalue weighted by Gasteiger charge is -2.32. The fraction of sp³-hybridized carbons (Fsp3) is 0.286. The van der Waals surface area contributed by atoms with Crippen molar-refractivity contribution < 1.29 is 0 Å². The molecule has 4 aromatic rings. The molecule has 5 heteroatoms. The molecule has 130 valence electrons. The van der Waals surface area contributed by atoms with E-state index in [0.29, 0.717) is 0 Å². The number of hydrogen-bond acceptors (Lipinski definition) is 4. The summed E-state index contributed by atoms with van der Waals surface area (Å²) in [6, 6.07) is 18.5. The van der Waals surface area contributed by atoms with E-state index < -0.39 is 0 Å². The lowest BCUT2D eigenvalue weighted by Crippen LogP contribution is -2.33. The minimum absolute atomic E-state index is 0.790. The first-order valence-electron chi connectivity index (χ1n) is 9.26. The second-order valence-electron chi connectivity index (χ2n) is 7.16. The molecular formula is C21H21N5. The number of rotatable bonds is 2. The zero-order valence-corrected chi connectivity index (χ0v) is 14.8. The Kier molecular flexibility index (Phi) is 3.59. The van der Waals surface area contributed by atoms with Gasteiger partial charge >= 0.3 is 0 Å². The van der Waals surface area contributed by atoms with Gasteiger partial charge in [0.25, 0.3) is 0 Å². The summed E-state index contributed by atoms with van der Waals surface area (Å²) in [6.07, 6.45) is 2.43. The molecule has 0 amide bonds. The van der Waals surface area contributed by atoms with Gasteiger partial charge in [0.05, 0.1) is 5.52 Å². The molecule has 0 bridgehead atoms. The largest absolute Gasteiger partial charge is 0.356 e. The smallest absolute Gasteiger partial charge is 0.186 e. The van der Waals surface area contributed by atoms with Gasteiger partial charge in [-0.1, -0.05) is 54.6 Å². The summed E-state index contributed by atoms with van der Waals surface area (Å²) >= 11 is 0. The van der Waals surface area contributed by atoms with Crippen LogP contribution in [-0.4, -0.2) is 32.9 Å². The first kappa shape index (κ1) is 15.3. The maximum absolute atomic E-state index is 5.05. The maximum atomic E-state index is 5.05. The van der Waals surface area contributed by atoms with Crippen molar-refractivity contribution in [3.05, 3.63) is 54.6 Å². The number of anilines is 1. The lowest BCUT2D eigenvalue weighted by molar-refractivity contribution is 0.437. The van der Waals surface area contributed by atoms with Gasteiger partial charge in [-0.25, -0.2) is 4.98 Å². The van der Waals surface area contributed by atoms with Gasteiger partial charge in [-0.2, -0.15) is 4.52 Å². The number of benzene rings is 2. The lowest BCUT2D eigenvalue weighted by atomic mass is 9.99. The van der Waals surface area contributed by atoms with Gasteiger partial charge in [0.1, 0.15) is 11.5 Å². The van der Waals surface area contributed by atoms with Gasteiger partial charge in [-0.15, -0.1) is 5.10 Å². The summed E-state index contributed by atoms with van der Waals surface area (Å²) in [5.41, 5.74) is 3.76. The molecule has 1 aliphatic heterocycles. The fourth-order valence-electron chi connectivity index (χ4n) is 3.79. The third-order valence-electron chi connectivity index (χ3n) is 5.36. The van der Waals surface area contributed by atoms with Gasteiger partial charge in [0.2, 0.25) is 0 Å². The van der Waals surface area contributed by atoms with Gasteiger partial charge in [-0.05, 0) is 30.9 Å². The Labute approximate surface area is 152 Å². The molecule has 2 aromatic carbocycles. The van der Waals surface area contributed by atoms with Crippen LogP contribution in [0.5, 0.6) is 0 Å². The van der Waals surface area contributed by atoms with Gasteiger partial charge < -0.3 is 4.90 Å². The van der Waals surface area contributed by atoms with Gasteiger partial charge in [0.15, 0.2) is 5.65 Å². The quantitative estimate of drug-likeness (QED) is 0.548. The summed E-state index contributed by atoms with van der Waals surface area (Å²) in [5.74, 6) is 1.84. The van der Waals surface area contributed by atoms with Crippen LogP contribution in [0.25, 0.3) is 27.8 Å². The van der Waals surface area contributed by atoms with Crippen LogP contribution in [-0.2, 0) is 0 Å². The number of fused-ring (bicyclic) bond motifs is 3. The summed E-state index contributed by atoms with van der Waals surface area (Å²) < 4.78 is 1.87. The van der Waals surface area contributed by atoms with Crippen molar-refractivity contribution in [1.82, 2.24) is 19.8 Å². The predicted octanol–water partition coefficient (Wildman–Crippen LogP) is 4.18. The molecule has 0 unspecified atom stereocenters. The molecular weight excluding hydrogens is 322 g/mol. The van der Waals surface area contributed by atoms with Crippen LogP contribution < -0.4 is 4.90 Å². The molecule has 5 rings (SSSR count). The summed E-state index contributed by atoms with van der Waals surface area (Å²) in [7, 11) is 0. The van der Waals surface area contributed by atoms with Gasteiger partial charge in [0, 0.05) is 24.0 Å². The van der Waals surface area contributed by atoms with E-state index in [0.717, 1.165) is 52.6 Å². The minimum atomic E-state index is 0.790. The van der Waals surface area contributed by atoms with Crippen LogP contribution in [0.2, 0.25) is 0 Å². The Morgan fingerprint density at radius 3 is 2.46 bits per heavy atom. The van der Waals surface area contributed by atoms with Crippen LogP contribution in [0.1, 0.15) is 19.8 Å². The normalized spacial score (nSPS) is 15.8. The van der Waals surface area contributed by atoms with E-state index in [9.17, 15) is 0 Å². The summed E-state index contributed by atoms with van der Waals surface area (Å²) in [5, 5.41) is 9.99. The molecule has 0 saturated carbocycles. The zero-order valence-electron chi connectivity index (χ0n) is 14.8. The molecule has 26 heavy (non-hydrogen) atoms. The van der Waals surface area contributed by atoms with Gasteiger partial charge in [-0.3, -0.25) is 0 Å². The first-order valence-corrected chi connectivity index (χ1v) is 9.26. The van der Waals surface area contributed by atoms with Crippen molar-refractivity contribution in [3.8, 4) is 11.3 Å². The van der Waals surface area contributed by atoms with Crippen molar-refractivity contribution in [2.75, 3.05) is 18.0 Å². The topological polar surface area (TPSA) is 46.3 Å². The molecule has 0 spiro atoms. The Balaban J connectivity index is 1.75. The van der Waals surface area contributed by atoms with E-state index in [4.69, 9.17) is 4.98 Å². The Morgan fingerprint density at radius 1 is 0.923 bits per heavy atom. The SMILES string of the molecule is CC1CCN(c2nc3c(-c4ccccc4)nnn3c3ccccc23)CC1. The highest BCUT2D eigenvalue weighted by Gasteiger charge is 2.22. The zero-order chi connectivity index (χ0) is 17.5. The average molecular weight is 343 g/mol. The molecule has 0 radical (unpaired) electrons. The Morgan fingerprint density at radius 2 is 1.65 bits per heavy atom. The number of nitrogens with zero attached hydrogens (tertiary/aromatic N) is 5. The predicted molar refractivity (Wildman–Crippen MR) is 104 cm³/mol. The molecule has 0 atom stereocenters. The second kappa shape index (κ2) is 6.09. The molecule has 0 N–H and O–H groups in total. The van der Waals surface area contributed by atoms with E-state index in [1.165, 1.54) is 12.8 Å². The van der Waals surface area contributed by atoms with Crippen molar-refractivity contribution in [3.63, 3.8) is 0 Å². The van der Waals surface area contributed by atoms with Crippen LogP contribution in [0.4, 0.5) is 5.82 Å². The average Bonchev–Trinajstić information content (AvgIpc) is 3.13. The summed E-state index contributed by atoms with van der Waals surface area (Å²) in [4.78, 5) is 7.47. The maximum Gasteiger partial charge on any atom is 0.186 e. The molecule has 2 aromatic heterocycles. The second-order valence-corrected chi connectivity index (χ2v) is 7.16.